The number of hydrogen-bond donors (Lipinski definition) is 1. The van der Waals surface area contributed by atoms with Crippen LogP contribution in [0, 0.1) is 5.41 Å². The number of sulfone groups is 1. The zero-order valence-corrected chi connectivity index (χ0v) is 12.1. The fourth-order valence-corrected chi connectivity index (χ4v) is 4.32. The highest BCUT2D eigenvalue weighted by atomic mass is 32.2. The van der Waals surface area contributed by atoms with Gasteiger partial charge in [-0.05, 0) is 31.6 Å². The summed E-state index contributed by atoms with van der Waals surface area (Å²) >= 11 is 0. The molecule has 2 atom stereocenters. The van der Waals surface area contributed by atoms with E-state index in [9.17, 15) is 13.2 Å². The molecule has 18 heavy (non-hydrogen) atoms. The van der Waals surface area contributed by atoms with Crippen molar-refractivity contribution in [2.75, 3.05) is 12.9 Å². The Kier molecular flexibility index (Phi) is 4.78. The molecule has 0 aromatic heterocycles. The minimum Gasteiger partial charge on any atom is -0.469 e. The van der Waals surface area contributed by atoms with Crippen LogP contribution in [0.25, 0.3) is 0 Å². The number of esters is 1. The van der Waals surface area contributed by atoms with E-state index in [4.69, 9.17) is 5.73 Å². The van der Waals surface area contributed by atoms with E-state index < -0.39 is 20.5 Å². The topological polar surface area (TPSA) is 86.5 Å². The maximum atomic E-state index is 12.2. The number of nitrogens with two attached hydrogens (primary N) is 1. The standard InChI is InChI=1S/C12H23NO4S/c1-4-10(13)9(2)18(15,16)8-12(5-6-12)7-11(14)17-3/h9-10H,4-8,13H2,1-3H3. The molecule has 0 aromatic carbocycles. The molecule has 0 radical (unpaired) electrons. The molecule has 0 spiro atoms. The van der Waals surface area contributed by atoms with Gasteiger partial charge in [-0.1, -0.05) is 6.92 Å². The van der Waals surface area contributed by atoms with Crippen LogP contribution < -0.4 is 5.73 Å². The van der Waals surface area contributed by atoms with Crippen molar-refractivity contribution in [3.8, 4) is 0 Å². The molecule has 1 aliphatic rings. The lowest BCUT2D eigenvalue weighted by Gasteiger charge is -2.22. The molecule has 0 heterocycles. The molecule has 106 valence electrons. The highest BCUT2D eigenvalue weighted by molar-refractivity contribution is 7.92. The SMILES string of the molecule is CCC(N)C(C)S(=O)(=O)CC1(CC(=O)OC)CC1. The van der Waals surface area contributed by atoms with E-state index in [-0.39, 0.29) is 24.2 Å². The van der Waals surface area contributed by atoms with Crippen LogP contribution in [0.2, 0.25) is 0 Å². The van der Waals surface area contributed by atoms with Crippen molar-refractivity contribution in [3.63, 3.8) is 0 Å². The third-order valence-electron chi connectivity index (χ3n) is 3.85. The average Bonchev–Trinajstić information content (AvgIpc) is 3.05. The Balaban J connectivity index is 2.69. The molecular formula is C12H23NO4S. The van der Waals surface area contributed by atoms with Crippen molar-refractivity contribution in [2.45, 2.75) is 50.8 Å². The molecule has 0 saturated heterocycles. The Hall–Kier alpha value is -0.620. The fraction of sp³-hybridized carbons (Fsp3) is 0.917. The molecular weight excluding hydrogens is 254 g/mol. The number of carbonyl (C=O) groups excluding carboxylic acids is 1. The first-order valence-electron chi connectivity index (χ1n) is 6.30. The predicted octanol–water partition coefficient (Wildman–Crippen LogP) is 0.870. The Morgan fingerprint density at radius 2 is 2.00 bits per heavy atom. The van der Waals surface area contributed by atoms with Crippen molar-refractivity contribution in [2.24, 2.45) is 11.1 Å². The molecule has 0 aliphatic heterocycles. The number of carbonyl (C=O) groups is 1. The van der Waals surface area contributed by atoms with Crippen molar-refractivity contribution >= 4 is 15.8 Å². The van der Waals surface area contributed by atoms with Crippen molar-refractivity contribution in [1.29, 1.82) is 0 Å². The first-order chi connectivity index (χ1) is 8.26. The Labute approximate surface area is 109 Å². The van der Waals surface area contributed by atoms with E-state index in [1.54, 1.807) is 6.92 Å². The summed E-state index contributed by atoms with van der Waals surface area (Å²) in [5.41, 5.74) is 5.40. The Bertz CT molecular complexity index is 400. The summed E-state index contributed by atoms with van der Waals surface area (Å²) in [6.07, 6.45) is 2.37. The highest BCUT2D eigenvalue weighted by Crippen LogP contribution is 2.50. The van der Waals surface area contributed by atoms with Gasteiger partial charge in [-0.3, -0.25) is 4.79 Å². The first kappa shape index (κ1) is 15.4. The molecule has 2 N–H and O–H groups in total. The maximum Gasteiger partial charge on any atom is 0.306 e. The molecule has 0 bridgehead atoms. The fourth-order valence-electron chi connectivity index (χ4n) is 2.08. The van der Waals surface area contributed by atoms with Gasteiger partial charge in [0.25, 0.3) is 0 Å². The van der Waals surface area contributed by atoms with Crippen LogP contribution in [0.15, 0.2) is 0 Å². The second-order valence-corrected chi connectivity index (χ2v) is 7.70. The molecule has 1 fully saturated rings. The van der Waals surface area contributed by atoms with Gasteiger partial charge < -0.3 is 10.5 Å². The predicted molar refractivity (Wildman–Crippen MR) is 69.8 cm³/mol. The summed E-state index contributed by atoms with van der Waals surface area (Å²) in [7, 11) is -1.93. The molecule has 0 amide bonds. The monoisotopic (exact) mass is 277 g/mol. The Morgan fingerprint density at radius 1 is 1.44 bits per heavy atom. The van der Waals surface area contributed by atoms with Crippen LogP contribution in [0.1, 0.15) is 39.5 Å². The van der Waals surface area contributed by atoms with Crippen LogP contribution in [0.5, 0.6) is 0 Å². The summed E-state index contributed by atoms with van der Waals surface area (Å²) < 4.78 is 29.1. The second kappa shape index (κ2) is 5.57. The lowest BCUT2D eigenvalue weighted by molar-refractivity contribution is -0.141. The number of hydrogen-bond acceptors (Lipinski definition) is 5. The van der Waals surface area contributed by atoms with Gasteiger partial charge in [-0.25, -0.2) is 8.42 Å². The quantitative estimate of drug-likeness (QED) is 0.698. The third-order valence-corrected chi connectivity index (χ3v) is 6.35. The first-order valence-corrected chi connectivity index (χ1v) is 8.02. The van der Waals surface area contributed by atoms with Gasteiger partial charge in [0.2, 0.25) is 0 Å². The summed E-state index contributed by atoms with van der Waals surface area (Å²) in [6.45, 7) is 3.52. The largest absolute Gasteiger partial charge is 0.469 e. The summed E-state index contributed by atoms with van der Waals surface area (Å²) in [6, 6.07) is -0.344. The molecule has 0 aromatic rings. The lowest BCUT2D eigenvalue weighted by atomic mass is 10.1. The van der Waals surface area contributed by atoms with Crippen LogP contribution in [0.4, 0.5) is 0 Å². The van der Waals surface area contributed by atoms with Gasteiger partial charge in [0, 0.05) is 6.04 Å². The smallest absolute Gasteiger partial charge is 0.306 e. The zero-order chi connectivity index (χ0) is 14.0. The molecule has 1 rings (SSSR count). The van der Waals surface area contributed by atoms with E-state index in [0.29, 0.717) is 6.42 Å². The van der Waals surface area contributed by atoms with Crippen LogP contribution >= 0.6 is 0 Å². The van der Waals surface area contributed by atoms with Gasteiger partial charge >= 0.3 is 5.97 Å². The van der Waals surface area contributed by atoms with Crippen molar-refractivity contribution in [3.05, 3.63) is 0 Å². The van der Waals surface area contributed by atoms with Crippen LogP contribution in [0.3, 0.4) is 0 Å². The van der Waals surface area contributed by atoms with E-state index >= 15 is 0 Å². The molecule has 6 heteroatoms. The van der Waals surface area contributed by atoms with E-state index in [2.05, 4.69) is 4.74 Å². The van der Waals surface area contributed by atoms with E-state index in [0.717, 1.165) is 12.8 Å². The lowest BCUT2D eigenvalue weighted by Crippen LogP contribution is -2.40. The van der Waals surface area contributed by atoms with E-state index in [1.807, 2.05) is 6.92 Å². The summed E-state index contributed by atoms with van der Waals surface area (Å²) in [5.74, 6) is -0.292. The van der Waals surface area contributed by atoms with Crippen molar-refractivity contribution in [1.82, 2.24) is 0 Å². The van der Waals surface area contributed by atoms with Crippen LogP contribution in [-0.4, -0.2) is 38.5 Å². The van der Waals surface area contributed by atoms with Gasteiger partial charge in [-0.15, -0.1) is 0 Å². The third kappa shape index (κ3) is 3.68. The second-order valence-electron chi connectivity index (χ2n) is 5.34. The summed E-state index contributed by atoms with van der Waals surface area (Å²) in [4.78, 5) is 11.3. The zero-order valence-electron chi connectivity index (χ0n) is 11.3. The maximum absolute atomic E-state index is 12.2. The minimum absolute atomic E-state index is 0.0456. The Morgan fingerprint density at radius 3 is 2.39 bits per heavy atom. The van der Waals surface area contributed by atoms with Crippen LogP contribution in [-0.2, 0) is 19.4 Å². The van der Waals surface area contributed by atoms with Gasteiger partial charge in [0.1, 0.15) is 0 Å². The van der Waals surface area contributed by atoms with Gasteiger partial charge in [0.05, 0.1) is 24.5 Å². The minimum atomic E-state index is -3.25. The highest BCUT2D eigenvalue weighted by Gasteiger charge is 2.49. The number of ether oxygens (including phenoxy) is 1. The van der Waals surface area contributed by atoms with Crippen molar-refractivity contribution < 1.29 is 17.9 Å². The molecule has 1 saturated carbocycles. The summed E-state index contributed by atoms with van der Waals surface area (Å²) in [5, 5.41) is -0.558. The van der Waals surface area contributed by atoms with Gasteiger partial charge in [0.15, 0.2) is 9.84 Å². The number of methoxy groups -OCH3 is 1. The normalized spacial score (nSPS) is 21.1. The van der Waals surface area contributed by atoms with Gasteiger partial charge in [-0.2, -0.15) is 0 Å². The molecule has 2 unspecified atom stereocenters. The average molecular weight is 277 g/mol. The number of rotatable bonds is 7. The molecule has 5 nitrogen and oxygen atoms in total. The molecule has 1 aliphatic carbocycles. The van der Waals surface area contributed by atoms with E-state index in [1.165, 1.54) is 7.11 Å².